The van der Waals surface area contributed by atoms with Gasteiger partial charge >= 0.3 is 0 Å². The van der Waals surface area contributed by atoms with Crippen LogP contribution in [0.3, 0.4) is 0 Å². The van der Waals surface area contributed by atoms with E-state index < -0.39 is 0 Å². The Kier molecular flexibility index (Phi) is 5.14. The van der Waals surface area contributed by atoms with Gasteiger partial charge in [-0.3, -0.25) is 4.79 Å². The first-order chi connectivity index (χ1) is 11.7. The van der Waals surface area contributed by atoms with Gasteiger partial charge in [-0.05, 0) is 38.0 Å². The number of benzene rings is 1. The fraction of sp³-hybridized carbons (Fsp3) is 0.526. The molecule has 0 spiro atoms. The van der Waals surface area contributed by atoms with Crippen molar-refractivity contribution in [2.24, 2.45) is 0 Å². The molecular weight excluding hydrogens is 300 g/mol. The monoisotopic (exact) mass is 324 g/mol. The van der Waals surface area contributed by atoms with Gasteiger partial charge in [-0.15, -0.1) is 0 Å². The average molecular weight is 324 g/mol. The Morgan fingerprint density at radius 1 is 1.38 bits per heavy atom. The molecule has 0 saturated heterocycles. The number of aryl methyl sites for hydroxylation is 1. The van der Waals surface area contributed by atoms with Crippen molar-refractivity contribution in [3.8, 4) is 6.07 Å². The third-order valence-electron chi connectivity index (χ3n) is 4.99. The van der Waals surface area contributed by atoms with Gasteiger partial charge < -0.3 is 9.47 Å². The summed E-state index contributed by atoms with van der Waals surface area (Å²) in [5.41, 5.74) is 2.40. The fourth-order valence-electron chi connectivity index (χ4n) is 3.70. The second-order valence-electron chi connectivity index (χ2n) is 6.47. The molecule has 126 valence electrons. The summed E-state index contributed by atoms with van der Waals surface area (Å²) in [4.78, 5) is 19.1. The average Bonchev–Trinajstić information content (AvgIpc) is 3.03. The van der Waals surface area contributed by atoms with Crippen molar-refractivity contribution >= 4 is 16.9 Å². The molecule has 5 heteroatoms. The fourth-order valence-corrected chi connectivity index (χ4v) is 3.70. The van der Waals surface area contributed by atoms with E-state index in [1.807, 2.05) is 16.7 Å². The summed E-state index contributed by atoms with van der Waals surface area (Å²) in [5.74, 6) is 0.225. The molecular formula is C19H24N4O. The normalized spacial score (nSPS) is 15.3. The molecule has 24 heavy (non-hydrogen) atoms. The van der Waals surface area contributed by atoms with Crippen LogP contribution in [-0.2, 0) is 11.3 Å². The van der Waals surface area contributed by atoms with E-state index in [1.165, 1.54) is 19.3 Å². The lowest BCUT2D eigenvalue weighted by Gasteiger charge is -2.33. The molecule has 1 fully saturated rings. The Morgan fingerprint density at radius 2 is 2.17 bits per heavy atom. The molecule has 3 rings (SSSR count). The number of carbonyl (C=O) groups excluding carboxylic acids is 1. The van der Waals surface area contributed by atoms with E-state index >= 15 is 0 Å². The van der Waals surface area contributed by atoms with Crippen LogP contribution in [-0.4, -0.2) is 32.9 Å². The van der Waals surface area contributed by atoms with Crippen molar-refractivity contribution in [3.63, 3.8) is 0 Å². The molecule has 0 atom stereocenters. The Balaban J connectivity index is 1.68. The van der Waals surface area contributed by atoms with Crippen molar-refractivity contribution in [2.75, 3.05) is 6.54 Å². The van der Waals surface area contributed by atoms with Gasteiger partial charge in [0.05, 0.1) is 29.0 Å². The van der Waals surface area contributed by atoms with Crippen LogP contribution in [0, 0.1) is 11.3 Å². The third-order valence-corrected chi connectivity index (χ3v) is 4.99. The van der Waals surface area contributed by atoms with Gasteiger partial charge in [0.2, 0.25) is 5.91 Å². The van der Waals surface area contributed by atoms with Crippen molar-refractivity contribution in [1.82, 2.24) is 14.5 Å². The van der Waals surface area contributed by atoms with Crippen LogP contribution in [0.5, 0.6) is 0 Å². The lowest BCUT2D eigenvalue weighted by molar-refractivity contribution is -0.134. The maximum absolute atomic E-state index is 12.7. The SMILES string of the molecule is CCN(C(=O)CCn1cnc2ccc(C#N)cc21)C1CCCCC1. The summed E-state index contributed by atoms with van der Waals surface area (Å²) >= 11 is 0. The maximum Gasteiger partial charge on any atom is 0.224 e. The Bertz CT molecular complexity index is 752. The van der Waals surface area contributed by atoms with Gasteiger partial charge in [0.25, 0.3) is 0 Å². The van der Waals surface area contributed by atoms with E-state index in [4.69, 9.17) is 5.26 Å². The highest BCUT2D eigenvalue weighted by Crippen LogP contribution is 2.23. The van der Waals surface area contributed by atoms with E-state index in [0.29, 0.717) is 24.6 Å². The molecule has 0 bridgehead atoms. The zero-order valence-electron chi connectivity index (χ0n) is 14.2. The molecule has 1 aromatic carbocycles. The van der Waals surface area contributed by atoms with Gasteiger partial charge in [0, 0.05) is 25.6 Å². The topological polar surface area (TPSA) is 61.9 Å². The van der Waals surface area contributed by atoms with Crippen LogP contribution in [0.25, 0.3) is 11.0 Å². The number of rotatable bonds is 5. The second kappa shape index (κ2) is 7.48. The highest BCUT2D eigenvalue weighted by molar-refractivity contribution is 5.78. The Hall–Kier alpha value is -2.35. The standard InChI is InChI=1S/C19H24N4O/c1-2-23(16-6-4-3-5-7-16)19(24)10-11-22-14-21-17-9-8-15(13-20)12-18(17)22/h8-9,12,14,16H,2-7,10-11H2,1H3. The number of carbonyl (C=O) groups is 1. The predicted octanol–water partition coefficient (Wildman–Crippen LogP) is 3.48. The highest BCUT2D eigenvalue weighted by atomic mass is 16.2. The van der Waals surface area contributed by atoms with Crippen LogP contribution >= 0.6 is 0 Å². The summed E-state index contributed by atoms with van der Waals surface area (Å²) < 4.78 is 1.97. The van der Waals surface area contributed by atoms with Crippen LogP contribution in [0.4, 0.5) is 0 Å². The molecule has 1 heterocycles. The van der Waals surface area contributed by atoms with E-state index in [2.05, 4.69) is 22.9 Å². The Morgan fingerprint density at radius 3 is 2.88 bits per heavy atom. The number of nitriles is 1. The number of nitrogens with zero attached hydrogens (tertiary/aromatic N) is 4. The van der Waals surface area contributed by atoms with Gasteiger partial charge in [-0.2, -0.15) is 5.26 Å². The molecule has 2 aromatic rings. The number of hydrogen-bond donors (Lipinski definition) is 0. The molecule has 0 unspecified atom stereocenters. The number of imidazole rings is 1. The minimum Gasteiger partial charge on any atom is -0.340 e. The van der Waals surface area contributed by atoms with E-state index in [1.54, 1.807) is 12.4 Å². The summed E-state index contributed by atoms with van der Waals surface area (Å²) in [5, 5.41) is 9.05. The molecule has 1 aliphatic carbocycles. The Labute approximate surface area is 142 Å². The quantitative estimate of drug-likeness (QED) is 0.846. The second-order valence-corrected chi connectivity index (χ2v) is 6.47. The minimum absolute atomic E-state index is 0.225. The smallest absolute Gasteiger partial charge is 0.224 e. The number of aromatic nitrogens is 2. The summed E-state index contributed by atoms with van der Waals surface area (Å²) in [6.07, 6.45) is 8.28. The highest BCUT2D eigenvalue weighted by Gasteiger charge is 2.23. The van der Waals surface area contributed by atoms with Gasteiger partial charge in [-0.25, -0.2) is 4.98 Å². The van der Waals surface area contributed by atoms with Gasteiger partial charge in [0.15, 0.2) is 0 Å². The van der Waals surface area contributed by atoms with Crippen molar-refractivity contribution in [2.45, 2.75) is 58.0 Å². The summed E-state index contributed by atoms with van der Waals surface area (Å²) in [7, 11) is 0. The van der Waals surface area contributed by atoms with Crippen LogP contribution in [0.1, 0.15) is 51.0 Å². The number of fused-ring (bicyclic) bond motifs is 1. The summed E-state index contributed by atoms with van der Waals surface area (Å²) in [6, 6.07) is 8.04. The lowest BCUT2D eigenvalue weighted by Crippen LogP contribution is -2.41. The first-order valence-electron chi connectivity index (χ1n) is 8.87. The molecule has 0 N–H and O–H groups in total. The predicted molar refractivity (Wildman–Crippen MR) is 93.3 cm³/mol. The maximum atomic E-state index is 12.7. The van der Waals surface area contributed by atoms with Crippen LogP contribution < -0.4 is 0 Å². The van der Waals surface area contributed by atoms with E-state index in [-0.39, 0.29) is 5.91 Å². The first kappa shape index (κ1) is 16.5. The minimum atomic E-state index is 0.225. The van der Waals surface area contributed by atoms with Crippen LogP contribution in [0.2, 0.25) is 0 Å². The largest absolute Gasteiger partial charge is 0.340 e. The molecule has 1 amide bonds. The van der Waals surface area contributed by atoms with Crippen molar-refractivity contribution < 1.29 is 4.79 Å². The molecule has 5 nitrogen and oxygen atoms in total. The van der Waals surface area contributed by atoms with Gasteiger partial charge in [0.1, 0.15) is 0 Å². The molecule has 1 saturated carbocycles. The molecule has 0 aliphatic heterocycles. The zero-order chi connectivity index (χ0) is 16.9. The molecule has 1 aromatic heterocycles. The van der Waals surface area contributed by atoms with Crippen LogP contribution in [0.15, 0.2) is 24.5 Å². The number of amides is 1. The van der Waals surface area contributed by atoms with Crippen molar-refractivity contribution in [1.29, 1.82) is 5.26 Å². The van der Waals surface area contributed by atoms with Crippen molar-refractivity contribution in [3.05, 3.63) is 30.1 Å². The summed E-state index contributed by atoms with van der Waals surface area (Å²) in [6.45, 7) is 3.46. The van der Waals surface area contributed by atoms with E-state index in [0.717, 1.165) is 30.4 Å². The lowest BCUT2D eigenvalue weighted by atomic mass is 9.94. The molecule has 0 radical (unpaired) electrons. The first-order valence-corrected chi connectivity index (χ1v) is 8.87. The van der Waals surface area contributed by atoms with E-state index in [9.17, 15) is 4.79 Å². The van der Waals surface area contributed by atoms with Gasteiger partial charge in [-0.1, -0.05) is 19.3 Å². The number of hydrogen-bond acceptors (Lipinski definition) is 3. The zero-order valence-corrected chi connectivity index (χ0v) is 14.2. The third kappa shape index (κ3) is 3.43. The molecule has 1 aliphatic rings.